The third-order valence-corrected chi connectivity index (χ3v) is 5.27. The number of aromatic nitrogens is 2. The van der Waals surface area contributed by atoms with Crippen LogP contribution in [0.4, 0.5) is 0 Å². The smallest absolute Gasteiger partial charge is 0.326 e. The molecule has 2 aromatic rings. The Hall–Kier alpha value is -2.57. The lowest BCUT2D eigenvalue weighted by molar-refractivity contribution is -0.150. The second-order valence-electron chi connectivity index (χ2n) is 6.81. The first-order valence-corrected chi connectivity index (χ1v) is 7.97. The van der Waals surface area contributed by atoms with Gasteiger partial charge in [0, 0.05) is 25.7 Å². The van der Waals surface area contributed by atoms with Gasteiger partial charge in [0.05, 0.1) is 16.4 Å². The van der Waals surface area contributed by atoms with E-state index in [1.165, 1.54) is 4.57 Å². The van der Waals surface area contributed by atoms with E-state index in [1.807, 2.05) is 13.8 Å². The number of benzene rings is 1. The summed E-state index contributed by atoms with van der Waals surface area (Å²) in [4.78, 5) is 40.5. The quantitative estimate of drug-likeness (QED) is 0.889. The topological polar surface area (TPSA) is 95.4 Å². The largest absolute Gasteiger partial charge is 0.481 e. The van der Waals surface area contributed by atoms with Crippen LogP contribution in [0.15, 0.2) is 23.0 Å². The van der Waals surface area contributed by atoms with Gasteiger partial charge in [-0.15, -0.1) is 0 Å². The molecule has 1 amide bonds. The van der Waals surface area contributed by atoms with Crippen molar-refractivity contribution in [3.63, 3.8) is 0 Å². The number of imidazole rings is 1. The minimum Gasteiger partial charge on any atom is -0.481 e. The van der Waals surface area contributed by atoms with Crippen LogP contribution in [-0.4, -0.2) is 44.5 Å². The normalized spacial score (nSPS) is 20.9. The zero-order chi connectivity index (χ0) is 17.6. The van der Waals surface area contributed by atoms with Crippen molar-refractivity contribution in [2.75, 3.05) is 13.1 Å². The number of carbonyl (C=O) groups excluding carboxylic acids is 1. The number of aliphatic carboxylic acids is 1. The Morgan fingerprint density at radius 3 is 2.62 bits per heavy atom. The fraction of sp³-hybridized carbons (Fsp3) is 0.471. The summed E-state index contributed by atoms with van der Waals surface area (Å²) in [5.41, 5.74) is 0.657. The second-order valence-corrected chi connectivity index (χ2v) is 6.81. The van der Waals surface area contributed by atoms with Gasteiger partial charge in [-0.1, -0.05) is 13.8 Å². The predicted molar refractivity (Wildman–Crippen MR) is 89.0 cm³/mol. The number of nitrogens with zero attached hydrogens (tertiary/aromatic N) is 2. The Balaban J connectivity index is 1.91. The molecule has 2 N–H and O–H groups in total. The van der Waals surface area contributed by atoms with Crippen LogP contribution in [0.5, 0.6) is 0 Å². The van der Waals surface area contributed by atoms with Crippen LogP contribution >= 0.6 is 0 Å². The number of likely N-dealkylation sites (tertiary alicyclic amines) is 1. The lowest BCUT2D eigenvalue weighted by atomic mass is 9.76. The van der Waals surface area contributed by atoms with Gasteiger partial charge in [-0.25, -0.2) is 4.79 Å². The molecule has 1 aliphatic heterocycles. The van der Waals surface area contributed by atoms with E-state index in [2.05, 4.69) is 4.98 Å². The van der Waals surface area contributed by atoms with Crippen molar-refractivity contribution in [1.82, 2.24) is 14.5 Å². The molecule has 0 spiro atoms. The summed E-state index contributed by atoms with van der Waals surface area (Å²) in [7, 11) is 1.64. The molecule has 1 unspecified atom stereocenters. The number of aryl methyl sites for hydroxylation is 1. The minimum atomic E-state index is -0.888. The van der Waals surface area contributed by atoms with Crippen molar-refractivity contribution in [3.8, 4) is 0 Å². The van der Waals surface area contributed by atoms with Crippen LogP contribution in [0.25, 0.3) is 11.0 Å². The maximum absolute atomic E-state index is 12.8. The molecule has 0 radical (unpaired) electrons. The molecule has 1 atom stereocenters. The fourth-order valence-electron chi connectivity index (χ4n) is 3.44. The number of fused-ring (bicyclic) bond motifs is 1. The standard InChI is InChI=1S/C17H21N3O4/c1-10(2)17(15(22)23)6-7-20(9-17)14(21)11-4-5-12-13(8-11)19(3)16(24)18-12/h4-5,8,10H,6-7,9H2,1-3H3,(H,18,24)(H,22,23). The van der Waals surface area contributed by atoms with Crippen LogP contribution in [-0.2, 0) is 11.8 Å². The molecule has 1 aromatic carbocycles. The summed E-state index contributed by atoms with van der Waals surface area (Å²) in [6, 6.07) is 5.04. The van der Waals surface area contributed by atoms with Gasteiger partial charge in [0.1, 0.15) is 0 Å². The number of hydrogen-bond donors (Lipinski definition) is 2. The molecule has 1 aliphatic rings. The summed E-state index contributed by atoms with van der Waals surface area (Å²) < 4.78 is 1.45. The number of amides is 1. The van der Waals surface area contributed by atoms with Gasteiger partial charge < -0.3 is 15.0 Å². The number of rotatable bonds is 3. The van der Waals surface area contributed by atoms with E-state index in [1.54, 1.807) is 30.1 Å². The molecular weight excluding hydrogens is 310 g/mol. The van der Waals surface area contributed by atoms with Gasteiger partial charge in [0.25, 0.3) is 5.91 Å². The molecule has 1 aromatic heterocycles. The van der Waals surface area contributed by atoms with Crippen molar-refractivity contribution in [1.29, 1.82) is 0 Å². The first-order valence-electron chi connectivity index (χ1n) is 7.97. The number of H-pyrrole nitrogens is 1. The number of carboxylic acid groups (broad SMARTS) is 1. The van der Waals surface area contributed by atoms with E-state index in [4.69, 9.17) is 0 Å². The van der Waals surface area contributed by atoms with Gasteiger partial charge in [0.15, 0.2) is 0 Å². The van der Waals surface area contributed by atoms with Crippen molar-refractivity contribution >= 4 is 22.9 Å². The first-order chi connectivity index (χ1) is 11.3. The van der Waals surface area contributed by atoms with Crippen LogP contribution < -0.4 is 5.69 Å². The van der Waals surface area contributed by atoms with Crippen molar-refractivity contribution < 1.29 is 14.7 Å². The SMILES string of the molecule is CC(C)C1(C(=O)O)CCN(C(=O)c2ccc3[nH]c(=O)n(C)c3c2)C1. The fourth-order valence-corrected chi connectivity index (χ4v) is 3.44. The van der Waals surface area contributed by atoms with Gasteiger partial charge in [0.2, 0.25) is 0 Å². The van der Waals surface area contributed by atoms with E-state index >= 15 is 0 Å². The lowest BCUT2D eigenvalue weighted by Gasteiger charge is -2.28. The van der Waals surface area contributed by atoms with Gasteiger partial charge in [-0.2, -0.15) is 0 Å². The van der Waals surface area contributed by atoms with Crippen LogP contribution in [0.1, 0.15) is 30.6 Å². The summed E-state index contributed by atoms with van der Waals surface area (Å²) in [5, 5.41) is 9.60. The minimum absolute atomic E-state index is 0.0548. The Morgan fingerprint density at radius 2 is 2.04 bits per heavy atom. The third kappa shape index (κ3) is 2.31. The molecule has 0 saturated carbocycles. The Labute approximate surface area is 138 Å². The van der Waals surface area contributed by atoms with Crippen LogP contribution in [0.3, 0.4) is 0 Å². The molecule has 128 valence electrons. The van der Waals surface area contributed by atoms with Crippen molar-refractivity contribution in [2.24, 2.45) is 18.4 Å². The van der Waals surface area contributed by atoms with Crippen LogP contribution in [0.2, 0.25) is 0 Å². The number of hydrogen-bond acceptors (Lipinski definition) is 3. The maximum atomic E-state index is 12.8. The Morgan fingerprint density at radius 1 is 1.33 bits per heavy atom. The number of aromatic amines is 1. The Bertz CT molecular complexity index is 880. The summed E-state index contributed by atoms with van der Waals surface area (Å²) >= 11 is 0. The first kappa shape index (κ1) is 16.3. The molecule has 24 heavy (non-hydrogen) atoms. The molecule has 0 bridgehead atoms. The molecule has 1 saturated heterocycles. The second kappa shape index (κ2) is 5.51. The predicted octanol–water partition coefficient (Wildman–Crippen LogP) is 1.44. The van der Waals surface area contributed by atoms with E-state index in [9.17, 15) is 19.5 Å². The highest BCUT2D eigenvalue weighted by Crippen LogP contribution is 2.38. The molecular formula is C17H21N3O4. The number of carboxylic acids is 1. The highest BCUT2D eigenvalue weighted by Gasteiger charge is 2.48. The highest BCUT2D eigenvalue weighted by molar-refractivity contribution is 5.98. The molecule has 7 heteroatoms. The summed E-state index contributed by atoms with van der Waals surface area (Å²) in [6.07, 6.45) is 0.455. The molecule has 1 fully saturated rings. The van der Waals surface area contributed by atoms with Gasteiger partial charge in [-0.3, -0.25) is 14.2 Å². The van der Waals surface area contributed by atoms with E-state index in [0.29, 0.717) is 29.6 Å². The number of nitrogens with one attached hydrogen (secondary N) is 1. The monoisotopic (exact) mass is 331 g/mol. The van der Waals surface area contributed by atoms with Gasteiger partial charge >= 0.3 is 11.7 Å². The van der Waals surface area contributed by atoms with Crippen molar-refractivity contribution in [2.45, 2.75) is 20.3 Å². The Kier molecular flexibility index (Phi) is 3.74. The van der Waals surface area contributed by atoms with Crippen LogP contribution in [0, 0.1) is 11.3 Å². The zero-order valence-corrected chi connectivity index (χ0v) is 14.0. The molecule has 0 aliphatic carbocycles. The maximum Gasteiger partial charge on any atom is 0.326 e. The van der Waals surface area contributed by atoms with Gasteiger partial charge in [-0.05, 0) is 30.5 Å². The van der Waals surface area contributed by atoms with E-state index in [0.717, 1.165) is 0 Å². The average Bonchev–Trinajstić information content (AvgIpc) is 3.10. The summed E-state index contributed by atoms with van der Waals surface area (Å²) in [5.74, 6) is -1.11. The number of carbonyl (C=O) groups is 2. The third-order valence-electron chi connectivity index (χ3n) is 5.27. The summed E-state index contributed by atoms with van der Waals surface area (Å²) in [6.45, 7) is 4.39. The molecule has 3 rings (SSSR count). The van der Waals surface area contributed by atoms with Crippen molar-refractivity contribution in [3.05, 3.63) is 34.2 Å². The zero-order valence-electron chi connectivity index (χ0n) is 14.0. The molecule has 2 heterocycles. The highest BCUT2D eigenvalue weighted by atomic mass is 16.4. The van der Waals surface area contributed by atoms with E-state index in [-0.39, 0.29) is 24.1 Å². The average molecular weight is 331 g/mol. The molecule has 7 nitrogen and oxygen atoms in total. The lowest BCUT2D eigenvalue weighted by Crippen LogP contribution is -2.40. The van der Waals surface area contributed by atoms with E-state index < -0.39 is 11.4 Å².